The number of hydrogen-bond acceptors (Lipinski definition) is 40. The van der Waals surface area contributed by atoms with Crippen molar-refractivity contribution in [1.82, 2.24) is 0 Å². The summed E-state index contributed by atoms with van der Waals surface area (Å²) in [5.41, 5.74) is 3.79. The third-order valence-corrected chi connectivity index (χ3v) is 14.4. The van der Waals surface area contributed by atoms with Crippen LogP contribution in [0.25, 0.3) is 10.8 Å². The van der Waals surface area contributed by atoms with E-state index in [1.165, 1.54) is 85.0 Å². The molecule has 0 bridgehead atoms. The van der Waals surface area contributed by atoms with Crippen molar-refractivity contribution in [3.63, 3.8) is 0 Å². The summed E-state index contributed by atoms with van der Waals surface area (Å²) in [6.07, 6.45) is 9.17. The number of para-hydroxylation sites is 4. The second kappa shape index (κ2) is 94.4. The first-order valence-corrected chi connectivity index (χ1v) is 45.8. The van der Waals surface area contributed by atoms with Crippen LogP contribution in [0.5, 0.6) is 0 Å². The number of hydrogen-bond donors (Lipinski definition) is 9. The van der Waals surface area contributed by atoms with Gasteiger partial charge in [0.1, 0.15) is 15.0 Å². The first-order valence-electron chi connectivity index (χ1n) is 33.5. The molecule has 0 atom stereocenters. The SMILES string of the molecule is C=CC(=O)Nc1c[c-]ccc1.C=CC(=O)Nc1cc[c-]cc1.C=CC(=O)Nc1cc[c-]cc1S(=O)(=O)[O-].C=CC(=O)Nc1cccc2ccccc12.C=CC(=O)Nc1ccccc1.C=CC(=O)Nc1ccccc1.C=CC(=O)Nc1ccccc1S(=O)(=O)O.C=CC(=O)Nc1ccccc1S(=O)(=O)[O-].O=S(=O)=O.O=S(=O)=O.O=S(=O)=O.O=S(=O)=O.O=S(=O)=O.O=S(=O)=O.O=S(=O)=O.O=S(=O)=O.[Li+].[Na+].[Na+].[Na+].[Na+]. The number of fused-ring (bicyclic) bond motifs is 1. The number of carbonyl (C=O) groups excluding carboxylic acids is 8. The minimum Gasteiger partial charge on any atom is -0.754 e. The van der Waals surface area contributed by atoms with E-state index in [0.717, 1.165) is 69.6 Å². The summed E-state index contributed by atoms with van der Waals surface area (Å²) in [5, 5.41) is 22.1. The van der Waals surface area contributed by atoms with E-state index in [1.54, 1.807) is 48.5 Å². The van der Waals surface area contributed by atoms with Gasteiger partial charge in [0.2, 0.25) is 47.3 Å². The third kappa shape index (κ3) is 104. The summed E-state index contributed by atoms with van der Waals surface area (Å²) in [7, 11) is -38.4. The summed E-state index contributed by atoms with van der Waals surface area (Å²) in [4.78, 5) is 85.7. The predicted molar refractivity (Wildman–Crippen MR) is 479 cm³/mol. The fourth-order valence-electron chi connectivity index (χ4n) is 7.13. The Bertz CT molecular complexity index is 6120. The normalized spacial score (nSPS) is 8.56. The van der Waals surface area contributed by atoms with Crippen molar-refractivity contribution in [2.75, 3.05) is 42.5 Å². The van der Waals surface area contributed by atoms with Gasteiger partial charge < -0.3 is 51.6 Å². The molecule has 141 heavy (non-hydrogen) atoms. The van der Waals surface area contributed by atoms with Crippen LogP contribution in [0.15, 0.2) is 334 Å². The first-order chi connectivity index (χ1) is 63.3. The van der Waals surface area contributed by atoms with Crippen LogP contribution < -0.4 is 180 Å². The molecule has 0 spiro atoms. The van der Waals surface area contributed by atoms with E-state index in [2.05, 4.69) is 113 Å². The van der Waals surface area contributed by atoms with Gasteiger partial charge in [0, 0.05) is 22.4 Å². The van der Waals surface area contributed by atoms with Crippen LogP contribution in [-0.2, 0) is 154 Å². The van der Waals surface area contributed by atoms with Crippen molar-refractivity contribution in [3.8, 4) is 0 Å². The maximum Gasteiger partial charge on any atom is 1.00 e. The van der Waals surface area contributed by atoms with E-state index in [0.29, 0.717) is 0 Å². The van der Waals surface area contributed by atoms with Gasteiger partial charge in [0.05, 0.1) is 26.4 Å². The summed E-state index contributed by atoms with van der Waals surface area (Å²) in [6, 6.07) is 69.0. The Hall–Kier alpha value is -11.8. The zero-order valence-corrected chi connectivity index (χ0v) is 90.3. The first kappa shape index (κ1) is 155. The molecule has 0 radical (unpaired) electrons. The molecule has 0 saturated carbocycles. The minimum atomic E-state index is -4.62. The van der Waals surface area contributed by atoms with Gasteiger partial charge >= 0.3 is 222 Å². The Morgan fingerprint density at radius 1 is 0.255 bits per heavy atom. The van der Waals surface area contributed by atoms with Crippen molar-refractivity contribution in [3.05, 3.63) is 338 Å². The number of amides is 8. The van der Waals surface area contributed by atoms with E-state index >= 15 is 0 Å². The molecule has 9 N–H and O–H groups in total. The van der Waals surface area contributed by atoms with Gasteiger partial charge in [0.25, 0.3) is 10.1 Å². The quantitative estimate of drug-likeness (QED) is 0.0157. The van der Waals surface area contributed by atoms with Crippen molar-refractivity contribution in [1.29, 1.82) is 0 Å². The number of carbonyl (C=O) groups is 8. The summed E-state index contributed by atoms with van der Waals surface area (Å²) in [6.45, 7) is 26.4. The average molecular weight is 2200 g/mol. The monoisotopic (exact) mass is 2200 g/mol. The summed E-state index contributed by atoms with van der Waals surface area (Å²) < 4.78 is 298. The van der Waals surface area contributed by atoms with Crippen LogP contribution in [0.4, 0.5) is 45.5 Å². The minimum absolute atomic E-state index is 0. The number of benzene rings is 9. The Kier molecular flexibility index (Phi) is 104. The largest absolute Gasteiger partial charge is 1.00 e. The number of nitrogens with one attached hydrogen (secondary N) is 8. The zero-order valence-electron chi connectivity index (χ0n) is 73.3. The zero-order chi connectivity index (χ0) is 106. The molecule has 8 amide bonds. The molecule has 0 aliphatic carbocycles. The van der Waals surface area contributed by atoms with Gasteiger partial charge in [0.15, 0.2) is 0 Å². The standard InChI is InChI=1S/C13H11NO.2C9H9NO4S.C9H8NO4S.2C9H9NO.2C9H8NO.Li.4Na.8O3S/c1-2-13(15)14-12-9-5-7-10-6-3-4-8-11(10)12;3*1-2-9(11)10-7-5-3-4-6-8(7)15(12,13)14;4*1-2-9(11)10-8-6-4-3-5-7-8;;;;;;8*1-4(2)3/h2-9H,1H2,(H,14,15);2*2-6H,1H2,(H,10,11)(H,12,13,14);2-3,5-6H,1H2,(H,10,11)(H,12,13,14);2*2-7H,1H2,(H,10,11);2,4-7H,1H2,(H,10,11);2-4,6-7H,1H2,(H,10,11);;;;;;;;;;;;;/q;;;-1;;;2*-1;5*+1;;;;;;;;/p-2. The van der Waals surface area contributed by atoms with Gasteiger partial charge in [-0.25, -0.2) is 8.42 Å². The fourth-order valence-corrected chi connectivity index (χ4v) is 9.02. The third-order valence-electron chi connectivity index (χ3n) is 11.8. The topological polar surface area (TPSA) is 811 Å². The Morgan fingerprint density at radius 3 is 0.787 bits per heavy atom. The van der Waals surface area contributed by atoms with E-state index in [4.69, 9.17) is 106 Å². The van der Waals surface area contributed by atoms with Crippen LogP contribution in [0.1, 0.15) is 0 Å². The number of anilines is 8. The molecule has 0 saturated heterocycles. The van der Waals surface area contributed by atoms with Crippen molar-refractivity contribution >= 4 is 219 Å². The van der Waals surface area contributed by atoms with E-state index in [1.807, 2.05) is 103 Å². The number of rotatable bonds is 19. The molecule has 9 aromatic carbocycles. The van der Waals surface area contributed by atoms with Crippen LogP contribution in [0.3, 0.4) is 0 Å². The second-order valence-corrected chi connectivity index (χ2v) is 28.2. The molecule has 65 heteroatoms. The van der Waals surface area contributed by atoms with Crippen molar-refractivity contribution in [2.45, 2.75) is 14.7 Å². The average Bonchev–Trinajstić information content (AvgIpc) is 0.844. The molecule has 9 rings (SSSR count). The molecule has 0 aliphatic rings. The van der Waals surface area contributed by atoms with Crippen LogP contribution in [0.2, 0.25) is 0 Å². The van der Waals surface area contributed by atoms with Crippen molar-refractivity contribution in [2.24, 2.45) is 0 Å². The summed E-state index contributed by atoms with van der Waals surface area (Å²) >= 11 is 0. The van der Waals surface area contributed by atoms with Crippen molar-refractivity contribution < 1.29 is 315 Å². The molecule has 49 nitrogen and oxygen atoms in total. The molecule has 9 aromatic rings. The smallest absolute Gasteiger partial charge is 0.754 e. The second-order valence-electron chi connectivity index (χ2n) is 20.8. The van der Waals surface area contributed by atoms with Gasteiger partial charge in [-0.3, -0.25) is 51.3 Å². The van der Waals surface area contributed by atoms with E-state index in [-0.39, 0.29) is 189 Å². The maximum atomic E-state index is 11.2. The van der Waals surface area contributed by atoms with E-state index < -0.39 is 143 Å². The molecule has 0 fully saturated rings. The van der Waals surface area contributed by atoms with Gasteiger partial charge in [-0.15, -0.1) is 125 Å². The fraction of sp³-hybridized carbons (Fsp3) is 0. The molecule has 730 valence electrons. The molecule has 0 aliphatic heterocycles. The molecular formula is C76H69LiN8Na4O41S11. The van der Waals surface area contributed by atoms with Crippen LogP contribution in [0, 0.1) is 18.2 Å². The maximum absolute atomic E-state index is 11.2. The van der Waals surface area contributed by atoms with Gasteiger partial charge in [-0.1, -0.05) is 167 Å². The Balaban J connectivity index is -0.000000129. The molecule has 0 unspecified atom stereocenters. The van der Waals surface area contributed by atoms with Gasteiger partial charge in [-0.2, -0.15) is 69.1 Å². The van der Waals surface area contributed by atoms with Gasteiger partial charge in [-0.05, 0) is 113 Å². The molecular weight excluding hydrogens is 2130 g/mol. The predicted octanol–water partition coefficient (Wildman–Crippen LogP) is -10.9. The molecule has 0 heterocycles. The molecule has 0 aromatic heterocycles. The Morgan fingerprint density at radius 2 is 0.482 bits per heavy atom. The van der Waals surface area contributed by atoms with E-state index in [9.17, 15) is 72.7 Å². The Labute approximate surface area is 918 Å². The van der Waals surface area contributed by atoms with Crippen LogP contribution in [-0.4, -0.2) is 187 Å². The summed E-state index contributed by atoms with van der Waals surface area (Å²) in [5.74, 6) is -2.68. The van der Waals surface area contributed by atoms with Crippen LogP contribution >= 0.6 is 0 Å².